The van der Waals surface area contributed by atoms with Crippen molar-refractivity contribution in [1.82, 2.24) is 0 Å². The third kappa shape index (κ3) is 6.69. The third-order valence-corrected chi connectivity index (χ3v) is 9.02. The van der Waals surface area contributed by atoms with Crippen molar-refractivity contribution < 1.29 is 26.4 Å². The van der Waals surface area contributed by atoms with E-state index in [4.69, 9.17) is 16.3 Å². The first kappa shape index (κ1) is 28.0. The number of carbonyl (C=O) groups is 1. The molecule has 2 N–H and O–H groups in total. The largest absolute Gasteiger partial charge is 0.497 e. The first-order chi connectivity index (χ1) is 18.6. The monoisotopic (exact) mass is 585 g/mol. The van der Waals surface area contributed by atoms with Gasteiger partial charge in [-0.15, -0.1) is 0 Å². The van der Waals surface area contributed by atoms with Gasteiger partial charge < -0.3 is 10.1 Å². The Kier molecular flexibility index (Phi) is 8.44. The number of rotatable bonds is 10. The van der Waals surface area contributed by atoms with Crippen LogP contribution >= 0.6 is 11.6 Å². The van der Waals surface area contributed by atoms with E-state index in [2.05, 4.69) is 10.0 Å². The van der Waals surface area contributed by atoms with Crippen LogP contribution in [0.25, 0.3) is 0 Å². The first-order valence-electron chi connectivity index (χ1n) is 11.5. The normalized spacial score (nSPS) is 11.4. The van der Waals surface area contributed by atoms with E-state index in [1.165, 1.54) is 55.6 Å². The maximum Gasteiger partial charge on any atom is 0.264 e. The molecule has 0 unspecified atom stereocenters. The average Bonchev–Trinajstić information content (AvgIpc) is 2.93. The van der Waals surface area contributed by atoms with E-state index in [9.17, 15) is 21.6 Å². The highest BCUT2D eigenvalue weighted by molar-refractivity contribution is 7.93. The van der Waals surface area contributed by atoms with E-state index in [0.29, 0.717) is 11.4 Å². The molecule has 0 spiro atoms. The van der Waals surface area contributed by atoms with Crippen molar-refractivity contribution >= 4 is 54.6 Å². The minimum Gasteiger partial charge on any atom is -0.497 e. The molecule has 0 bridgehead atoms. The van der Waals surface area contributed by atoms with Crippen molar-refractivity contribution in [2.45, 2.75) is 9.79 Å². The molecule has 0 radical (unpaired) electrons. The molecule has 0 saturated heterocycles. The Bertz CT molecular complexity index is 1660. The van der Waals surface area contributed by atoms with Crippen LogP contribution < -0.4 is 19.1 Å². The maximum atomic E-state index is 13.4. The van der Waals surface area contributed by atoms with Gasteiger partial charge in [-0.05, 0) is 72.8 Å². The topological polar surface area (TPSA) is 122 Å². The molecular formula is C27H24ClN3O6S2. The number of hydrogen-bond donors (Lipinski definition) is 2. The number of benzene rings is 4. The van der Waals surface area contributed by atoms with Crippen LogP contribution in [0, 0.1) is 0 Å². The Hall–Kier alpha value is -4.06. The van der Waals surface area contributed by atoms with E-state index in [-0.39, 0.29) is 26.2 Å². The van der Waals surface area contributed by atoms with Crippen LogP contribution in [-0.2, 0) is 24.8 Å². The molecule has 0 aromatic heterocycles. The van der Waals surface area contributed by atoms with Crippen LogP contribution in [0.3, 0.4) is 0 Å². The summed E-state index contributed by atoms with van der Waals surface area (Å²) < 4.78 is 60.8. The zero-order valence-electron chi connectivity index (χ0n) is 20.6. The summed E-state index contributed by atoms with van der Waals surface area (Å²) in [5.41, 5.74) is 0.774. The number of anilines is 3. The van der Waals surface area contributed by atoms with Crippen molar-refractivity contribution in [3.63, 3.8) is 0 Å². The molecule has 0 aliphatic carbocycles. The van der Waals surface area contributed by atoms with Crippen molar-refractivity contribution in [3.8, 4) is 5.75 Å². The highest BCUT2D eigenvalue weighted by atomic mass is 35.5. The number of amides is 1. The minimum atomic E-state index is -4.13. The molecule has 9 nitrogen and oxygen atoms in total. The van der Waals surface area contributed by atoms with Crippen LogP contribution in [0.15, 0.2) is 113 Å². The fraction of sp³-hybridized carbons (Fsp3) is 0.0741. The fourth-order valence-electron chi connectivity index (χ4n) is 3.59. The molecule has 0 aliphatic heterocycles. The lowest BCUT2D eigenvalue weighted by Gasteiger charge is -2.25. The number of para-hydroxylation sites is 1. The average molecular weight is 586 g/mol. The number of nitrogens with one attached hydrogen (secondary N) is 2. The number of ether oxygens (including phenoxy) is 1. The number of sulfonamides is 2. The first-order valence-corrected chi connectivity index (χ1v) is 14.8. The lowest BCUT2D eigenvalue weighted by Crippen LogP contribution is -2.38. The zero-order valence-corrected chi connectivity index (χ0v) is 23.0. The molecule has 0 aliphatic rings. The van der Waals surface area contributed by atoms with Crippen molar-refractivity contribution in [1.29, 1.82) is 0 Å². The number of halogens is 1. The third-order valence-electron chi connectivity index (χ3n) is 5.53. The predicted octanol–water partition coefficient (Wildman–Crippen LogP) is 4.98. The van der Waals surface area contributed by atoms with Gasteiger partial charge in [0.15, 0.2) is 0 Å². The fourth-order valence-corrected chi connectivity index (χ4v) is 6.40. The Labute approximate surface area is 232 Å². The maximum absolute atomic E-state index is 13.4. The summed E-state index contributed by atoms with van der Waals surface area (Å²) in [7, 11) is -6.52. The van der Waals surface area contributed by atoms with Crippen molar-refractivity contribution in [2.75, 3.05) is 28.0 Å². The Balaban J connectivity index is 1.51. The van der Waals surface area contributed by atoms with Gasteiger partial charge in [0.1, 0.15) is 12.3 Å². The van der Waals surface area contributed by atoms with E-state index < -0.39 is 32.5 Å². The Morgan fingerprint density at radius 2 is 1.36 bits per heavy atom. The van der Waals surface area contributed by atoms with Gasteiger partial charge in [-0.25, -0.2) is 16.8 Å². The lowest BCUT2D eigenvalue weighted by molar-refractivity contribution is -0.114. The summed E-state index contributed by atoms with van der Waals surface area (Å²) in [5.74, 6) is -0.0656. The molecule has 0 heterocycles. The van der Waals surface area contributed by atoms with Gasteiger partial charge in [0, 0.05) is 11.4 Å². The van der Waals surface area contributed by atoms with Crippen LogP contribution in [0.2, 0.25) is 5.02 Å². The quantitative estimate of drug-likeness (QED) is 0.271. The number of methoxy groups -OCH3 is 1. The lowest BCUT2D eigenvalue weighted by atomic mass is 10.3. The number of carbonyl (C=O) groups excluding carboxylic acids is 1. The second-order valence-corrected chi connectivity index (χ2v) is 12.1. The van der Waals surface area contributed by atoms with Gasteiger partial charge in [0.2, 0.25) is 5.91 Å². The van der Waals surface area contributed by atoms with Crippen LogP contribution in [0.4, 0.5) is 17.1 Å². The summed E-state index contributed by atoms with van der Waals surface area (Å²) in [6, 6.07) is 25.9. The van der Waals surface area contributed by atoms with Gasteiger partial charge in [-0.1, -0.05) is 41.9 Å². The van der Waals surface area contributed by atoms with Gasteiger partial charge in [-0.3, -0.25) is 13.8 Å². The van der Waals surface area contributed by atoms with Crippen molar-refractivity contribution in [3.05, 3.63) is 108 Å². The summed E-state index contributed by atoms with van der Waals surface area (Å²) in [6.07, 6.45) is 0. The second kappa shape index (κ2) is 11.8. The zero-order chi connectivity index (χ0) is 28.0. The molecule has 12 heteroatoms. The molecule has 1 amide bonds. The highest BCUT2D eigenvalue weighted by Gasteiger charge is 2.28. The Morgan fingerprint density at radius 3 is 1.97 bits per heavy atom. The summed E-state index contributed by atoms with van der Waals surface area (Å²) in [4.78, 5) is 12.9. The number of nitrogens with zero attached hydrogens (tertiary/aromatic N) is 1. The standard InChI is InChI=1S/C27H24ClN3O6S2/c1-37-22-15-11-21(12-16-22)30-38(33,34)23-17-13-20(14-18-23)29-27(32)19-31(26-10-6-5-9-25(26)28)39(35,36)24-7-3-2-4-8-24/h2-18,30H,19H2,1H3,(H,29,32). The molecular weight excluding hydrogens is 562 g/mol. The van der Waals surface area contributed by atoms with E-state index in [1.54, 1.807) is 54.6 Å². The molecule has 4 aromatic carbocycles. The highest BCUT2D eigenvalue weighted by Crippen LogP contribution is 2.30. The van der Waals surface area contributed by atoms with Gasteiger partial charge in [-0.2, -0.15) is 0 Å². The molecule has 39 heavy (non-hydrogen) atoms. The molecule has 0 atom stereocenters. The molecule has 4 aromatic rings. The molecule has 0 fully saturated rings. The summed E-state index contributed by atoms with van der Waals surface area (Å²) in [6.45, 7) is -0.569. The molecule has 202 valence electrons. The van der Waals surface area contributed by atoms with Crippen LogP contribution in [0.5, 0.6) is 5.75 Å². The smallest absolute Gasteiger partial charge is 0.264 e. The van der Waals surface area contributed by atoms with Gasteiger partial charge >= 0.3 is 0 Å². The van der Waals surface area contributed by atoms with Crippen LogP contribution in [0.1, 0.15) is 0 Å². The summed E-state index contributed by atoms with van der Waals surface area (Å²) >= 11 is 6.28. The SMILES string of the molecule is COc1ccc(NS(=O)(=O)c2ccc(NC(=O)CN(c3ccccc3Cl)S(=O)(=O)c3ccccc3)cc2)cc1. The number of hydrogen-bond acceptors (Lipinski definition) is 6. The minimum absolute atomic E-state index is 0.00311. The second-order valence-electron chi connectivity index (χ2n) is 8.18. The van der Waals surface area contributed by atoms with E-state index in [0.717, 1.165) is 4.31 Å². The van der Waals surface area contributed by atoms with E-state index in [1.807, 2.05) is 0 Å². The molecule has 0 saturated carbocycles. The predicted molar refractivity (Wildman–Crippen MR) is 151 cm³/mol. The van der Waals surface area contributed by atoms with Crippen molar-refractivity contribution in [2.24, 2.45) is 0 Å². The Morgan fingerprint density at radius 1 is 0.769 bits per heavy atom. The van der Waals surface area contributed by atoms with Gasteiger partial charge in [0.05, 0.1) is 27.6 Å². The van der Waals surface area contributed by atoms with Gasteiger partial charge in [0.25, 0.3) is 20.0 Å². The van der Waals surface area contributed by atoms with E-state index >= 15 is 0 Å². The molecule has 4 rings (SSSR count). The van der Waals surface area contributed by atoms with Crippen LogP contribution in [-0.4, -0.2) is 36.4 Å². The summed E-state index contributed by atoms with van der Waals surface area (Å²) in [5, 5.41) is 2.77.